The summed E-state index contributed by atoms with van der Waals surface area (Å²) in [5.74, 6) is 27.8. The lowest BCUT2D eigenvalue weighted by molar-refractivity contribution is 0.844. The van der Waals surface area contributed by atoms with E-state index in [0.717, 1.165) is 103 Å². The summed E-state index contributed by atoms with van der Waals surface area (Å²) in [6, 6.07) is 0. The van der Waals surface area contributed by atoms with E-state index in [2.05, 4.69) is 88.9 Å². The fourth-order valence-corrected chi connectivity index (χ4v) is 4.51. The zero-order chi connectivity index (χ0) is 26.4. The average Bonchev–Trinajstić information content (AvgIpc) is 2.88. The number of benzene rings is 1. The summed E-state index contributed by atoms with van der Waals surface area (Å²) >= 11 is 0. The predicted molar refractivity (Wildman–Crippen MR) is 160 cm³/mol. The van der Waals surface area contributed by atoms with Gasteiger partial charge in [-0.15, -0.1) is 23.7 Å². The van der Waals surface area contributed by atoms with Crippen LogP contribution in [0.5, 0.6) is 0 Å². The second-order valence-electron chi connectivity index (χ2n) is 9.49. The van der Waals surface area contributed by atoms with Gasteiger partial charge in [-0.1, -0.05) is 78.1 Å². The van der Waals surface area contributed by atoms with Gasteiger partial charge < -0.3 is 0 Å². The Labute approximate surface area is 224 Å². The van der Waals surface area contributed by atoms with Crippen molar-refractivity contribution in [2.24, 2.45) is 0 Å². The maximum atomic E-state index is 3.53. The van der Waals surface area contributed by atoms with Crippen LogP contribution < -0.4 is 0 Å². The first kappa shape index (κ1) is 31.5. The third kappa shape index (κ3) is 11.0. The van der Waals surface area contributed by atoms with Gasteiger partial charge in [0.25, 0.3) is 0 Å². The highest BCUT2D eigenvalue weighted by atomic mass is 14.2. The Hall–Kier alpha value is -2.54. The van der Waals surface area contributed by atoms with E-state index in [4.69, 9.17) is 0 Å². The molecule has 1 aromatic carbocycles. The zero-order valence-electron chi connectivity index (χ0n) is 24.3. The summed E-state index contributed by atoms with van der Waals surface area (Å²) in [7, 11) is 0. The Balaban J connectivity index is 3.93. The second-order valence-corrected chi connectivity index (χ2v) is 9.49. The van der Waals surface area contributed by atoms with Gasteiger partial charge in [0.2, 0.25) is 0 Å². The van der Waals surface area contributed by atoms with Crippen LogP contribution in [0, 0.1) is 47.4 Å². The molecule has 1 rings (SSSR count). The molecule has 0 spiro atoms. The molecule has 0 aromatic heterocycles. The van der Waals surface area contributed by atoms with Gasteiger partial charge >= 0.3 is 0 Å². The molecule has 0 aliphatic heterocycles. The number of hydrogen-bond acceptors (Lipinski definition) is 0. The first-order chi connectivity index (χ1) is 17.7. The lowest BCUT2D eigenvalue weighted by Crippen LogP contribution is -2.14. The average molecular weight is 483 g/mol. The zero-order valence-corrected chi connectivity index (χ0v) is 24.3. The van der Waals surface area contributed by atoms with Crippen LogP contribution in [0.4, 0.5) is 0 Å². The highest BCUT2D eigenvalue weighted by Gasteiger charge is 2.21. The Morgan fingerprint density at radius 3 is 0.750 bits per heavy atom. The second kappa shape index (κ2) is 20.6. The van der Waals surface area contributed by atoms with Crippen LogP contribution in [-0.4, -0.2) is 0 Å². The maximum absolute atomic E-state index is 3.53. The first-order valence-electron chi connectivity index (χ1n) is 14.7. The standard InChI is InChI=1S/C36H50/c1-7-13-17-21-27-33-31(25-11-5)35(29-23-19-15-9-3)36(30-24-20-16-10-4)32(26-12-6)34(33)28-22-18-14-8-2/h7-16,25-30H2,1-6H3. The van der Waals surface area contributed by atoms with E-state index < -0.39 is 0 Å². The van der Waals surface area contributed by atoms with Crippen molar-refractivity contribution < 1.29 is 0 Å². The molecule has 0 aliphatic rings. The van der Waals surface area contributed by atoms with Crippen LogP contribution in [0.3, 0.4) is 0 Å². The highest BCUT2D eigenvalue weighted by molar-refractivity contribution is 5.56. The molecule has 0 aliphatic carbocycles. The van der Waals surface area contributed by atoms with Crippen LogP contribution in [0.15, 0.2) is 0 Å². The van der Waals surface area contributed by atoms with Gasteiger partial charge in [-0.25, -0.2) is 0 Å². The van der Waals surface area contributed by atoms with E-state index in [0.29, 0.717) is 0 Å². The molecule has 194 valence electrons. The number of unbranched alkanes of at least 4 members (excludes halogenated alkanes) is 4. The van der Waals surface area contributed by atoms with E-state index in [1.54, 1.807) is 0 Å². The third-order valence-electron chi connectivity index (χ3n) is 6.25. The molecule has 1 aromatic rings. The topological polar surface area (TPSA) is 0 Å². The maximum Gasteiger partial charge on any atom is 0.0346 e. The van der Waals surface area contributed by atoms with Crippen molar-refractivity contribution in [3.05, 3.63) is 33.4 Å². The minimum atomic E-state index is 0.827. The van der Waals surface area contributed by atoms with Gasteiger partial charge in [0.05, 0.1) is 0 Å². The van der Waals surface area contributed by atoms with Gasteiger partial charge in [-0.3, -0.25) is 0 Å². The van der Waals surface area contributed by atoms with E-state index >= 15 is 0 Å². The molecule has 0 heteroatoms. The normalized spacial score (nSPS) is 9.72. The third-order valence-corrected chi connectivity index (χ3v) is 6.25. The molecule has 0 heterocycles. The SMILES string of the molecule is CCCC#CCc1c(CC#CCCC)c(CCC)c(CC#CCCC)c(CC#CCCC)c1CCC. The van der Waals surface area contributed by atoms with E-state index in [1.807, 2.05) is 0 Å². The molecular weight excluding hydrogens is 432 g/mol. The lowest BCUT2D eigenvalue weighted by atomic mass is 9.79. The molecule has 0 N–H and O–H groups in total. The van der Waals surface area contributed by atoms with Gasteiger partial charge in [-0.2, -0.15) is 0 Å². The minimum Gasteiger partial charge on any atom is -0.103 e. The Morgan fingerprint density at radius 2 is 0.556 bits per heavy atom. The van der Waals surface area contributed by atoms with Crippen molar-refractivity contribution in [2.75, 3.05) is 0 Å². The van der Waals surface area contributed by atoms with Crippen molar-refractivity contribution in [1.29, 1.82) is 0 Å². The molecule has 0 nitrogen and oxygen atoms in total. The summed E-state index contributed by atoms with van der Waals surface area (Å²) in [6.07, 6.45) is 16.0. The number of rotatable bonds is 12. The molecule has 0 bridgehead atoms. The summed E-state index contributed by atoms with van der Waals surface area (Å²) < 4.78 is 0. The van der Waals surface area contributed by atoms with Crippen molar-refractivity contribution >= 4 is 0 Å². The van der Waals surface area contributed by atoms with Crippen molar-refractivity contribution in [2.45, 2.75) is 144 Å². The number of hydrogen-bond donors (Lipinski definition) is 0. The fraction of sp³-hybridized carbons (Fsp3) is 0.611. The van der Waals surface area contributed by atoms with Gasteiger partial charge in [0.1, 0.15) is 0 Å². The van der Waals surface area contributed by atoms with Crippen LogP contribution in [0.1, 0.15) is 139 Å². The van der Waals surface area contributed by atoms with Crippen molar-refractivity contribution in [3.8, 4) is 47.4 Å². The van der Waals surface area contributed by atoms with Gasteiger partial charge in [0.15, 0.2) is 0 Å². The van der Waals surface area contributed by atoms with Crippen LogP contribution >= 0.6 is 0 Å². The molecular formula is C36H50. The molecule has 0 fully saturated rings. The van der Waals surface area contributed by atoms with Crippen LogP contribution in [-0.2, 0) is 38.5 Å². The summed E-state index contributed by atoms with van der Waals surface area (Å²) in [4.78, 5) is 0. The molecule has 0 saturated heterocycles. The summed E-state index contributed by atoms with van der Waals surface area (Å²) in [5.41, 5.74) is 8.79. The summed E-state index contributed by atoms with van der Waals surface area (Å²) in [6.45, 7) is 13.4. The molecule has 0 amide bonds. The molecule has 36 heavy (non-hydrogen) atoms. The monoisotopic (exact) mass is 482 g/mol. The van der Waals surface area contributed by atoms with E-state index in [9.17, 15) is 0 Å². The molecule has 0 unspecified atom stereocenters. The lowest BCUT2D eigenvalue weighted by Gasteiger charge is -2.24. The molecule has 0 saturated carbocycles. The van der Waals surface area contributed by atoms with Crippen LogP contribution in [0.25, 0.3) is 0 Å². The Bertz CT molecular complexity index is 859. The van der Waals surface area contributed by atoms with E-state index in [1.165, 1.54) is 33.4 Å². The van der Waals surface area contributed by atoms with Gasteiger partial charge in [0, 0.05) is 51.4 Å². The Kier molecular flexibility index (Phi) is 18.0. The Morgan fingerprint density at radius 1 is 0.306 bits per heavy atom. The fourth-order valence-electron chi connectivity index (χ4n) is 4.51. The van der Waals surface area contributed by atoms with E-state index in [-0.39, 0.29) is 0 Å². The van der Waals surface area contributed by atoms with Crippen LogP contribution in [0.2, 0.25) is 0 Å². The molecule has 0 atom stereocenters. The quantitative estimate of drug-likeness (QED) is 0.261. The van der Waals surface area contributed by atoms with Crippen molar-refractivity contribution in [1.82, 2.24) is 0 Å². The first-order valence-corrected chi connectivity index (χ1v) is 14.7. The van der Waals surface area contributed by atoms with Gasteiger partial charge in [-0.05, 0) is 71.9 Å². The highest BCUT2D eigenvalue weighted by Crippen LogP contribution is 2.32. The van der Waals surface area contributed by atoms with Crippen molar-refractivity contribution in [3.63, 3.8) is 0 Å². The minimum absolute atomic E-state index is 0.827. The summed E-state index contributed by atoms with van der Waals surface area (Å²) in [5, 5.41) is 0. The smallest absolute Gasteiger partial charge is 0.0346 e. The molecule has 0 radical (unpaired) electrons. The largest absolute Gasteiger partial charge is 0.103 e. The predicted octanol–water partition coefficient (Wildman–Crippen LogP) is 8.98.